The van der Waals surface area contributed by atoms with Gasteiger partial charge in [-0.05, 0) is 43.7 Å². The number of amides is 2. The van der Waals surface area contributed by atoms with Gasteiger partial charge in [0.15, 0.2) is 11.5 Å². The fourth-order valence-electron chi connectivity index (χ4n) is 3.10. The minimum atomic E-state index is -0.140. The summed E-state index contributed by atoms with van der Waals surface area (Å²) in [6.45, 7) is 6.28. The quantitative estimate of drug-likeness (QED) is 0.694. The number of carbonyl (C=O) groups excluding carboxylic acids is 2. The summed E-state index contributed by atoms with van der Waals surface area (Å²) in [4.78, 5) is 28.3. The molecule has 6 nitrogen and oxygen atoms in total. The molecule has 0 aliphatic heterocycles. The lowest BCUT2D eigenvalue weighted by molar-refractivity contribution is -0.118. The van der Waals surface area contributed by atoms with Gasteiger partial charge in [-0.15, -0.1) is 0 Å². The van der Waals surface area contributed by atoms with Crippen LogP contribution in [0.4, 0.5) is 11.4 Å². The highest BCUT2D eigenvalue weighted by Gasteiger charge is 2.19. The molecule has 2 aromatic carbocycles. The van der Waals surface area contributed by atoms with Gasteiger partial charge in [-0.3, -0.25) is 9.59 Å². The van der Waals surface area contributed by atoms with Gasteiger partial charge in [-0.1, -0.05) is 12.1 Å². The molecule has 6 heteroatoms. The zero-order valence-electron chi connectivity index (χ0n) is 17.2. The Morgan fingerprint density at radius 2 is 1.61 bits per heavy atom. The summed E-state index contributed by atoms with van der Waals surface area (Å²) < 4.78 is 10.6. The SMILES string of the molecule is CCN(C(=O)CCN(C(C)=O)c1ccc(OC)c(OC)c1)c1cccc(C)c1. The first-order valence-corrected chi connectivity index (χ1v) is 9.28. The highest BCUT2D eigenvalue weighted by molar-refractivity contribution is 5.96. The number of hydrogen-bond donors (Lipinski definition) is 0. The molecule has 0 saturated carbocycles. The van der Waals surface area contributed by atoms with Gasteiger partial charge in [-0.25, -0.2) is 0 Å². The Bertz CT molecular complexity index is 835. The van der Waals surface area contributed by atoms with Crippen LogP contribution in [-0.4, -0.2) is 39.1 Å². The summed E-state index contributed by atoms with van der Waals surface area (Å²) in [5.74, 6) is 0.952. The molecule has 2 amide bonds. The van der Waals surface area contributed by atoms with Crippen molar-refractivity contribution in [2.45, 2.75) is 27.2 Å². The van der Waals surface area contributed by atoms with Crippen molar-refractivity contribution in [2.75, 3.05) is 37.1 Å². The van der Waals surface area contributed by atoms with Crippen molar-refractivity contribution < 1.29 is 19.1 Å². The molecule has 0 atom stereocenters. The van der Waals surface area contributed by atoms with E-state index < -0.39 is 0 Å². The number of aryl methyl sites for hydroxylation is 1. The molecule has 0 aliphatic carbocycles. The molecule has 0 saturated heterocycles. The van der Waals surface area contributed by atoms with Gasteiger partial charge >= 0.3 is 0 Å². The van der Waals surface area contributed by atoms with Crippen molar-refractivity contribution in [3.8, 4) is 11.5 Å². The average Bonchev–Trinajstić information content (AvgIpc) is 2.68. The summed E-state index contributed by atoms with van der Waals surface area (Å²) in [6, 6.07) is 13.1. The van der Waals surface area contributed by atoms with Crippen LogP contribution in [0.3, 0.4) is 0 Å². The van der Waals surface area contributed by atoms with E-state index in [1.54, 1.807) is 42.2 Å². The number of carbonyl (C=O) groups is 2. The molecule has 0 bridgehead atoms. The van der Waals surface area contributed by atoms with Crippen molar-refractivity contribution in [2.24, 2.45) is 0 Å². The van der Waals surface area contributed by atoms with E-state index in [0.29, 0.717) is 23.7 Å². The average molecular weight is 384 g/mol. The molecule has 0 radical (unpaired) electrons. The Kier molecular flexibility index (Phi) is 7.44. The van der Waals surface area contributed by atoms with Crippen LogP contribution in [0, 0.1) is 6.92 Å². The zero-order chi connectivity index (χ0) is 20.7. The summed E-state index contributed by atoms with van der Waals surface area (Å²) >= 11 is 0. The first kappa shape index (κ1) is 21.3. The van der Waals surface area contributed by atoms with Crippen LogP contribution in [0.2, 0.25) is 0 Å². The van der Waals surface area contributed by atoms with Gasteiger partial charge in [0.25, 0.3) is 0 Å². The van der Waals surface area contributed by atoms with Crippen LogP contribution in [0.15, 0.2) is 42.5 Å². The van der Waals surface area contributed by atoms with E-state index in [4.69, 9.17) is 9.47 Å². The van der Waals surface area contributed by atoms with Crippen LogP contribution in [-0.2, 0) is 9.59 Å². The molecule has 0 aliphatic rings. The number of ether oxygens (including phenoxy) is 2. The molecule has 0 aromatic heterocycles. The van der Waals surface area contributed by atoms with Gasteiger partial charge in [0.05, 0.1) is 14.2 Å². The van der Waals surface area contributed by atoms with Crippen molar-refractivity contribution in [1.29, 1.82) is 0 Å². The van der Waals surface area contributed by atoms with Gasteiger partial charge in [0.2, 0.25) is 11.8 Å². The van der Waals surface area contributed by atoms with Crippen molar-refractivity contribution in [3.05, 3.63) is 48.0 Å². The monoisotopic (exact) mass is 384 g/mol. The second-order valence-corrected chi connectivity index (χ2v) is 6.44. The lowest BCUT2D eigenvalue weighted by atomic mass is 10.2. The number of benzene rings is 2. The van der Waals surface area contributed by atoms with Crippen molar-refractivity contribution >= 4 is 23.2 Å². The lowest BCUT2D eigenvalue weighted by Crippen LogP contribution is -2.36. The summed E-state index contributed by atoms with van der Waals surface area (Å²) in [7, 11) is 3.10. The Labute approximate surface area is 166 Å². The maximum Gasteiger partial charge on any atom is 0.228 e. The Morgan fingerprint density at radius 3 is 2.18 bits per heavy atom. The highest BCUT2D eigenvalue weighted by Crippen LogP contribution is 2.31. The minimum Gasteiger partial charge on any atom is -0.493 e. The normalized spacial score (nSPS) is 10.3. The standard InChI is InChI=1S/C22H28N2O4/c1-6-23(18-9-7-8-16(2)14-18)22(26)12-13-24(17(3)25)19-10-11-20(27-4)21(15-19)28-5/h7-11,14-15H,6,12-13H2,1-5H3. The molecular weight excluding hydrogens is 356 g/mol. The van der Waals surface area contributed by atoms with Gasteiger partial charge in [0.1, 0.15) is 0 Å². The topological polar surface area (TPSA) is 59.1 Å². The van der Waals surface area contributed by atoms with Gasteiger partial charge in [0, 0.05) is 43.9 Å². The van der Waals surface area contributed by atoms with Crippen LogP contribution in [0.25, 0.3) is 0 Å². The third-order valence-electron chi connectivity index (χ3n) is 4.54. The van der Waals surface area contributed by atoms with E-state index in [2.05, 4.69) is 0 Å². The molecule has 0 N–H and O–H groups in total. The van der Waals surface area contributed by atoms with Gasteiger partial charge in [-0.2, -0.15) is 0 Å². The summed E-state index contributed by atoms with van der Waals surface area (Å²) in [5.41, 5.74) is 2.63. The Morgan fingerprint density at radius 1 is 0.929 bits per heavy atom. The molecule has 2 aromatic rings. The first-order chi connectivity index (χ1) is 13.4. The van der Waals surface area contributed by atoms with Crippen LogP contribution in [0.1, 0.15) is 25.8 Å². The smallest absolute Gasteiger partial charge is 0.228 e. The van der Waals surface area contributed by atoms with Crippen molar-refractivity contribution in [3.63, 3.8) is 0 Å². The number of methoxy groups -OCH3 is 2. The largest absolute Gasteiger partial charge is 0.493 e. The van der Waals surface area contributed by atoms with E-state index in [1.165, 1.54) is 6.92 Å². The molecule has 0 unspecified atom stereocenters. The van der Waals surface area contributed by atoms with Crippen LogP contribution in [0.5, 0.6) is 11.5 Å². The second-order valence-electron chi connectivity index (χ2n) is 6.44. The van der Waals surface area contributed by atoms with Crippen LogP contribution >= 0.6 is 0 Å². The maximum atomic E-state index is 12.8. The van der Waals surface area contributed by atoms with Gasteiger partial charge < -0.3 is 19.3 Å². The summed E-state index contributed by atoms with van der Waals surface area (Å²) in [5, 5.41) is 0. The third kappa shape index (κ3) is 5.03. The summed E-state index contributed by atoms with van der Waals surface area (Å²) in [6.07, 6.45) is 0.218. The van der Waals surface area contributed by atoms with E-state index in [1.807, 2.05) is 38.1 Å². The zero-order valence-corrected chi connectivity index (χ0v) is 17.2. The van der Waals surface area contributed by atoms with E-state index in [9.17, 15) is 9.59 Å². The van der Waals surface area contributed by atoms with Crippen molar-refractivity contribution in [1.82, 2.24) is 0 Å². The fourth-order valence-corrected chi connectivity index (χ4v) is 3.10. The van der Waals surface area contributed by atoms with E-state index in [0.717, 1.165) is 11.3 Å². The second kappa shape index (κ2) is 9.78. The molecule has 150 valence electrons. The van der Waals surface area contributed by atoms with Crippen LogP contribution < -0.4 is 19.3 Å². The predicted molar refractivity (Wildman–Crippen MR) is 111 cm³/mol. The first-order valence-electron chi connectivity index (χ1n) is 9.28. The number of anilines is 2. The third-order valence-corrected chi connectivity index (χ3v) is 4.54. The Balaban J connectivity index is 2.16. The van der Waals surface area contributed by atoms with E-state index in [-0.39, 0.29) is 24.8 Å². The van der Waals surface area contributed by atoms with E-state index >= 15 is 0 Å². The highest BCUT2D eigenvalue weighted by atomic mass is 16.5. The number of hydrogen-bond acceptors (Lipinski definition) is 4. The number of rotatable bonds is 8. The number of nitrogens with zero attached hydrogens (tertiary/aromatic N) is 2. The minimum absolute atomic E-state index is 0.0279. The molecule has 28 heavy (non-hydrogen) atoms. The predicted octanol–water partition coefficient (Wildman–Crippen LogP) is 3.81. The molecule has 2 rings (SSSR count). The fraction of sp³-hybridized carbons (Fsp3) is 0.364. The lowest BCUT2D eigenvalue weighted by Gasteiger charge is -2.25. The Hall–Kier alpha value is -3.02. The molecule has 0 spiro atoms. The molecular formula is C22H28N2O4. The molecule has 0 fully saturated rings. The molecule has 0 heterocycles. The maximum absolute atomic E-state index is 12.8.